The topological polar surface area (TPSA) is 50.4 Å². The van der Waals surface area contributed by atoms with Crippen LogP contribution in [-0.2, 0) is 9.53 Å². The standard InChI is InChI=1S/C15H22F2N2O2/c1-3-18-11(2)12-6-4-5-7-13(12)19-15(20)8-9-21-10-14(16)17/h4-7,11,14,18H,3,8-10H2,1-2H3,(H,19,20). The lowest BCUT2D eigenvalue weighted by molar-refractivity contribution is -0.117. The van der Waals surface area contributed by atoms with Crippen molar-refractivity contribution in [1.82, 2.24) is 5.32 Å². The van der Waals surface area contributed by atoms with Gasteiger partial charge in [0.05, 0.1) is 13.0 Å². The van der Waals surface area contributed by atoms with E-state index in [9.17, 15) is 13.6 Å². The summed E-state index contributed by atoms with van der Waals surface area (Å²) in [7, 11) is 0. The molecule has 0 saturated heterocycles. The molecule has 0 heterocycles. The lowest BCUT2D eigenvalue weighted by atomic mass is 10.1. The Labute approximate surface area is 123 Å². The number of halogens is 2. The van der Waals surface area contributed by atoms with E-state index in [-0.39, 0.29) is 25.0 Å². The fourth-order valence-electron chi connectivity index (χ4n) is 1.95. The highest BCUT2D eigenvalue weighted by Gasteiger charge is 2.11. The van der Waals surface area contributed by atoms with Gasteiger partial charge in [-0.2, -0.15) is 0 Å². The first kappa shape index (κ1) is 17.5. The maximum Gasteiger partial charge on any atom is 0.261 e. The largest absolute Gasteiger partial charge is 0.375 e. The van der Waals surface area contributed by atoms with Gasteiger partial charge in [0.25, 0.3) is 6.43 Å². The van der Waals surface area contributed by atoms with Crippen molar-refractivity contribution in [2.75, 3.05) is 25.1 Å². The SMILES string of the molecule is CCNC(C)c1ccccc1NC(=O)CCOCC(F)F. The van der Waals surface area contributed by atoms with Crippen LogP contribution >= 0.6 is 0 Å². The van der Waals surface area contributed by atoms with Gasteiger partial charge in [-0.1, -0.05) is 25.1 Å². The molecule has 0 aliphatic rings. The van der Waals surface area contributed by atoms with E-state index < -0.39 is 13.0 Å². The molecule has 6 heteroatoms. The molecule has 4 nitrogen and oxygen atoms in total. The zero-order chi connectivity index (χ0) is 15.7. The van der Waals surface area contributed by atoms with Gasteiger partial charge >= 0.3 is 0 Å². The second kappa shape index (κ2) is 9.41. The first-order valence-electron chi connectivity index (χ1n) is 7.02. The van der Waals surface area contributed by atoms with Crippen molar-refractivity contribution in [2.24, 2.45) is 0 Å². The Hall–Kier alpha value is -1.53. The number of hydrogen-bond acceptors (Lipinski definition) is 3. The highest BCUT2D eigenvalue weighted by atomic mass is 19.3. The number of carbonyl (C=O) groups excluding carboxylic acids is 1. The van der Waals surface area contributed by atoms with Gasteiger partial charge in [0.1, 0.15) is 6.61 Å². The Morgan fingerprint density at radius 2 is 2.05 bits per heavy atom. The summed E-state index contributed by atoms with van der Waals surface area (Å²) in [6.07, 6.45) is -2.45. The number of hydrogen-bond donors (Lipinski definition) is 2. The van der Waals surface area contributed by atoms with Gasteiger partial charge in [-0.25, -0.2) is 8.78 Å². The highest BCUT2D eigenvalue weighted by molar-refractivity contribution is 5.91. The summed E-state index contributed by atoms with van der Waals surface area (Å²) in [5, 5.41) is 6.07. The smallest absolute Gasteiger partial charge is 0.261 e. The van der Waals surface area contributed by atoms with Crippen LogP contribution in [0.5, 0.6) is 0 Å². The summed E-state index contributed by atoms with van der Waals surface area (Å²) in [4.78, 5) is 11.8. The minimum Gasteiger partial charge on any atom is -0.375 e. The maximum absolute atomic E-state index is 11.9. The van der Waals surface area contributed by atoms with Crippen LogP contribution < -0.4 is 10.6 Å². The lowest BCUT2D eigenvalue weighted by Gasteiger charge is -2.17. The molecule has 0 aliphatic heterocycles. The molecule has 1 aromatic rings. The summed E-state index contributed by atoms with van der Waals surface area (Å²) in [5.74, 6) is -0.250. The average molecular weight is 300 g/mol. The summed E-state index contributed by atoms with van der Waals surface area (Å²) in [6, 6.07) is 7.62. The summed E-state index contributed by atoms with van der Waals surface area (Å²) >= 11 is 0. The Balaban J connectivity index is 2.52. The van der Waals surface area contributed by atoms with Crippen LogP contribution in [0.15, 0.2) is 24.3 Å². The Morgan fingerprint density at radius 1 is 1.33 bits per heavy atom. The second-order valence-corrected chi connectivity index (χ2v) is 4.63. The van der Waals surface area contributed by atoms with E-state index in [4.69, 9.17) is 4.74 Å². The first-order valence-corrected chi connectivity index (χ1v) is 7.02. The van der Waals surface area contributed by atoms with E-state index in [0.29, 0.717) is 0 Å². The number of ether oxygens (including phenoxy) is 1. The number of nitrogens with one attached hydrogen (secondary N) is 2. The number of alkyl halides is 2. The number of para-hydroxylation sites is 1. The van der Waals surface area contributed by atoms with Gasteiger partial charge in [-0.05, 0) is 25.1 Å². The molecular weight excluding hydrogens is 278 g/mol. The lowest BCUT2D eigenvalue weighted by Crippen LogP contribution is -2.21. The number of rotatable bonds is 9. The predicted octanol–water partition coefficient (Wildman–Crippen LogP) is 2.97. The molecule has 21 heavy (non-hydrogen) atoms. The number of amides is 1. The zero-order valence-electron chi connectivity index (χ0n) is 12.4. The molecule has 0 bridgehead atoms. The fraction of sp³-hybridized carbons (Fsp3) is 0.533. The van der Waals surface area contributed by atoms with E-state index in [2.05, 4.69) is 10.6 Å². The van der Waals surface area contributed by atoms with Crippen LogP contribution in [0.4, 0.5) is 14.5 Å². The van der Waals surface area contributed by atoms with Crippen molar-refractivity contribution in [3.8, 4) is 0 Å². The van der Waals surface area contributed by atoms with Crippen LogP contribution in [0, 0.1) is 0 Å². The Morgan fingerprint density at radius 3 is 2.71 bits per heavy atom. The molecule has 1 amide bonds. The van der Waals surface area contributed by atoms with Crippen molar-refractivity contribution in [3.05, 3.63) is 29.8 Å². The van der Waals surface area contributed by atoms with Gasteiger partial charge in [0.15, 0.2) is 0 Å². The number of benzene rings is 1. The third kappa shape index (κ3) is 6.64. The molecule has 1 rings (SSSR count). The van der Waals surface area contributed by atoms with E-state index in [1.807, 2.05) is 38.1 Å². The molecule has 0 aromatic heterocycles. The minimum absolute atomic E-state index is 0.0128. The van der Waals surface area contributed by atoms with Gasteiger partial charge in [-0.15, -0.1) is 0 Å². The van der Waals surface area contributed by atoms with Crippen LogP contribution in [0.1, 0.15) is 31.9 Å². The molecule has 0 spiro atoms. The monoisotopic (exact) mass is 300 g/mol. The fourth-order valence-corrected chi connectivity index (χ4v) is 1.95. The molecular formula is C15H22F2N2O2. The molecule has 118 valence electrons. The van der Waals surface area contributed by atoms with Crippen molar-refractivity contribution in [2.45, 2.75) is 32.7 Å². The van der Waals surface area contributed by atoms with E-state index >= 15 is 0 Å². The van der Waals surface area contributed by atoms with E-state index in [1.165, 1.54) is 0 Å². The van der Waals surface area contributed by atoms with E-state index in [1.54, 1.807) is 0 Å². The molecule has 2 N–H and O–H groups in total. The quantitative estimate of drug-likeness (QED) is 0.689. The molecule has 0 saturated carbocycles. The molecule has 1 atom stereocenters. The maximum atomic E-state index is 11.9. The van der Waals surface area contributed by atoms with Gasteiger partial charge in [-0.3, -0.25) is 4.79 Å². The predicted molar refractivity (Wildman–Crippen MR) is 78.6 cm³/mol. The van der Waals surface area contributed by atoms with Crippen molar-refractivity contribution >= 4 is 11.6 Å². The summed E-state index contributed by atoms with van der Waals surface area (Å²) in [5.41, 5.74) is 1.71. The molecule has 1 unspecified atom stereocenters. The van der Waals surface area contributed by atoms with Gasteiger partial charge < -0.3 is 15.4 Å². The first-order chi connectivity index (χ1) is 10.0. The van der Waals surface area contributed by atoms with Crippen molar-refractivity contribution in [3.63, 3.8) is 0 Å². The third-order valence-electron chi connectivity index (χ3n) is 2.93. The third-order valence-corrected chi connectivity index (χ3v) is 2.93. The summed E-state index contributed by atoms with van der Waals surface area (Å²) < 4.78 is 28.5. The minimum atomic E-state index is -2.50. The molecule has 0 fully saturated rings. The zero-order valence-corrected chi connectivity index (χ0v) is 12.4. The van der Waals surface area contributed by atoms with Gasteiger partial charge in [0, 0.05) is 11.7 Å². The van der Waals surface area contributed by atoms with Crippen LogP contribution in [-0.4, -0.2) is 32.1 Å². The normalized spacial score (nSPS) is 12.4. The van der Waals surface area contributed by atoms with Gasteiger partial charge in [0.2, 0.25) is 5.91 Å². The Bertz CT molecular complexity index is 441. The van der Waals surface area contributed by atoms with Crippen molar-refractivity contribution in [1.29, 1.82) is 0 Å². The van der Waals surface area contributed by atoms with Crippen LogP contribution in [0.3, 0.4) is 0 Å². The van der Waals surface area contributed by atoms with Crippen LogP contribution in [0.2, 0.25) is 0 Å². The van der Waals surface area contributed by atoms with Crippen molar-refractivity contribution < 1.29 is 18.3 Å². The average Bonchev–Trinajstić information content (AvgIpc) is 2.44. The number of carbonyl (C=O) groups is 1. The highest BCUT2D eigenvalue weighted by Crippen LogP contribution is 2.22. The number of anilines is 1. The second-order valence-electron chi connectivity index (χ2n) is 4.63. The molecule has 0 radical (unpaired) electrons. The summed E-state index contributed by atoms with van der Waals surface area (Å²) in [6.45, 7) is 4.20. The van der Waals surface area contributed by atoms with E-state index in [0.717, 1.165) is 17.8 Å². The Kier molecular flexibility index (Phi) is 7.85. The molecule has 0 aliphatic carbocycles. The molecule has 1 aromatic carbocycles. The van der Waals surface area contributed by atoms with Crippen LogP contribution in [0.25, 0.3) is 0 Å².